The fourth-order valence-corrected chi connectivity index (χ4v) is 4.28. The minimum Gasteiger partial charge on any atom is -0.450 e. The molecule has 0 spiro atoms. The topological polar surface area (TPSA) is 53.8 Å². The molecule has 0 bridgehead atoms. The van der Waals surface area contributed by atoms with Gasteiger partial charge in [-0.15, -0.1) is 0 Å². The van der Waals surface area contributed by atoms with Gasteiger partial charge in [0.05, 0.1) is 17.0 Å². The third-order valence-electron chi connectivity index (χ3n) is 6.25. The summed E-state index contributed by atoms with van der Waals surface area (Å²) in [5, 5.41) is 0.538. The second-order valence-electron chi connectivity index (χ2n) is 7.95. The van der Waals surface area contributed by atoms with Crippen LogP contribution in [0.1, 0.15) is 52.7 Å². The van der Waals surface area contributed by atoms with E-state index in [0.29, 0.717) is 23.1 Å². The molecule has 1 atom stereocenters. The molecule has 1 aliphatic rings. The minimum absolute atomic E-state index is 0.109. The van der Waals surface area contributed by atoms with Crippen molar-refractivity contribution in [3.05, 3.63) is 80.7 Å². The van der Waals surface area contributed by atoms with Crippen molar-refractivity contribution < 1.29 is 9.21 Å². The highest BCUT2D eigenvalue weighted by atomic mass is 16.3. The Morgan fingerprint density at radius 1 is 1.00 bits per heavy atom. The van der Waals surface area contributed by atoms with Crippen molar-refractivity contribution in [2.75, 3.05) is 26.2 Å². The van der Waals surface area contributed by atoms with Gasteiger partial charge < -0.3 is 14.2 Å². The van der Waals surface area contributed by atoms with Gasteiger partial charge in [-0.1, -0.05) is 44.2 Å². The van der Waals surface area contributed by atoms with Crippen molar-refractivity contribution in [1.82, 2.24) is 9.80 Å². The molecule has 0 radical (unpaired) electrons. The molecule has 1 aromatic heterocycles. The Balaban J connectivity index is 1.89. The first-order chi connectivity index (χ1) is 14.5. The Labute approximate surface area is 176 Å². The van der Waals surface area contributed by atoms with Gasteiger partial charge in [0, 0.05) is 13.1 Å². The quantitative estimate of drug-likeness (QED) is 0.615. The molecule has 2 heterocycles. The Hall–Kier alpha value is -2.92. The number of rotatable bonds is 6. The third-order valence-corrected chi connectivity index (χ3v) is 6.25. The lowest BCUT2D eigenvalue weighted by Gasteiger charge is -2.28. The fourth-order valence-electron chi connectivity index (χ4n) is 4.28. The van der Waals surface area contributed by atoms with Crippen molar-refractivity contribution in [3.8, 4) is 0 Å². The van der Waals surface area contributed by atoms with Gasteiger partial charge in [0.1, 0.15) is 5.58 Å². The number of nitrogens with zero attached hydrogens (tertiary/aromatic N) is 2. The van der Waals surface area contributed by atoms with E-state index >= 15 is 0 Å². The zero-order valence-electron chi connectivity index (χ0n) is 18.1. The van der Waals surface area contributed by atoms with Gasteiger partial charge in [0.15, 0.2) is 5.43 Å². The molecule has 1 aliphatic heterocycles. The maximum atomic E-state index is 13.6. The number of fused-ring (bicyclic) bond motifs is 2. The average molecular weight is 405 g/mol. The number of carbonyl (C=O) groups is 1. The Bertz CT molecular complexity index is 1150. The van der Waals surface area contributed by atoms with Crippen LogP contribution < -0.4 is 5.43 Å². The zero-order chi connectivity index (χ0) is 21.4. The summed E-state index contributed by atoms with van der Waals surface area (Å²) in [6.45, 7) is 11.3. The number of hydrogen-bond donors (Lipinski definition) is 0. The second kappa shape index (κ2) is 8.07. The van der Waals surface area contributed by atoms with Crippen molar-refractivity contribution in [3.63, 3.8) is 0 Å². The standard InChI is InChI=1S/C25H28N2O3/c1-5-26(6-2)12-13-27-22(18-10-8-7-9-11-18)21-23(28)19-14-16(3)17(4)15-20(19)30-24(21)25(27)29/h7-11,14-15,22H,5-6,12-13H2,1-4H3/t22-/m0/s1. The molecule has 1 amide bonds. The SMILES string of the molecule is CCN(CC)CCN1C(=O)c2oc3cc(C)c(C)cc3c(=O)c2[C@@H]1c1ccccc1. The summed E-state index contributed by atoms with van der Waals surface area (Å²) in [5.41, 5.74) is 3.83. The Morgan fingerprint density at radius 2 is 1.67 bits per heavy atom. The molecule has 5 heteroatoms. The van der Waals surface area contributed by atoms with Crippen LogP contribution in [0, 0.1) is 13.8 Å². The first-order valence-corrected chi connectivity index (χ1v) is 10.6. The molecule has 0 aliphatic carbocycles. The Kier molecular flexibility index (Phi) is 5.48. The number of hydrogen-bond acceptors (Lipinski definition) is 4. The van der Waals surface area contributed by atoms with E-state index in [1.807, 2.05) is 56.3 Å². The van der Waals surface area contributed by atoms with Crippen LogP contribution in [0.25, 0.3) is 11.0 Å². The van der Waals surface area contributed by atoms with Crippen LogP contribution in [0.5, 0.6) is 0 Å². The summed E-state index contributed by atoms with van der Waals surface area (Å²) in [5.74, 6) is -0.0209. The number of benzene rings is 2. The average Bonchev–Trinajstić information content (AvgIpc) is 3.03. The van der Waals surface area contributed by atoms with E-state index in [1.165, 1.54) is 0 Å². The van der Waals surface area contributed by atoms with Gasteiger partial charge >= 0.3 is 0 Å². The van der Waals surface area contributed by atoms with E-state index in [4.69, 9.17) is 4.42 Å². The normalized spacial score (nSPS) is 16.0. The molecule has 0 N–H and O–H groups in total. The summed E-state index contributed by atoms with van der Waals surface area (Å²) in [4.78, 5) is 31.0. The van der Waals surface area contributed by atoms with E-state index in [1.54, 1.807) is 4.90 Å². The van der Waals surface area contributed by atoms with Gasteiger partial charge in [-0.2, -0.15) is 0 Å². The van der Waals surface area contributed by atoms with Crippen molar-refractivity contribution >= 4 is 16.9 Å². The summed E-state index contributed by atoms with van der Waals surface area (Å²) >= 11 is 0. The van der Waals surface area contributed by atoms with Crippen LogP contribution in [0.2, 0.25) is 0 Å². The van der Waals surface area contributed by atoms with E-state index in [2.05, 4.69) is 18.7 Å². The fraction of sp³-hybridized carbons (Fsp3) is 0.360. The Morgan fingerprint density at radius 3 is 2.33 bits per heavy atom. The molecule has 0 saturated heterocycles. The van der Waals surface area contributed by atoms with Crippen LogP contribution in [-0.2, 0) is 0 Å². The predicted octanol–water partition coefficient (Wildman–Crippen LogP) is 4.30. The van der Waals surface area contributed by atoms with Gasteiger partial charge in [0.25, 0.3) is 5.91 Å². The zero-order valence-corrected chi connectivity index (χ0v) is 18.1. The number of carbonyl (C=O) groups excluding carboxylic acids is 1. The lowest BCUT2D eigenvalue weighted by molar-refractivity contribution is 0.0708. The third kappa shape index (κ3) is 3.33. The van der Waals surface area contributed by atoms with E-state index in [9.17, 15) is 9.59 Å². The summed E-state index contributed by atoms with van der Waals surface area (Å²) in [7, 11) is 0. The lowest BCUT2D eigenvalue weighted by Crippen LogP contribution is -2.37. The molecule has 156 valence electrons. The van der Waals surface area contributed by atoms with Crippen molar-refractivity contribution in [2.24, 2.45) is 0 Å². The first-order valence-electron chi connectivity index (χ1n) is 10.6. The van der Waals surface area contributed by atoms with E-state index in [-0.39, 0.29) is 17.1 Å². The molecule has 30 heavy (non-hydrogen) atoms. The summed E-state index contributed by atoms with van der Waals surface area (Å²) in [6.07, 6.45) is 0. The molecule has 4 rings (SSSR count). The highest BCUT2D eigenvalue weighted by Gasteiger charge is 2.42. The number of amides is 1. The summed E-state index contributed by atoms with van der Waals surface area (Å²) < 4.78 is 6.07. The smallest absolute Gasteiger partial charge is 0.290 e. The predicted molar refractivity (Wildman–Crippen MR) is 119 cm³/mol. The minimum atomic E-state index is -0.425. The molecular formula is C25H28N2O3. The van der Waals surface area contributed by atoms with Crippen LogP contribution in [0.15, 0.2) is 51.7 Å². The molecular weight excluding hydrogens is 376 g/mol. The molecule has 2 aromatic carbocycles. The second-order valence-corrected chi connectivity index (χ2v) is 7.95. The molecule has 5 nitrogen and oxygen atoms in total. The monoisotopic (exact) mass is 404 g/mol. The number of aryl methyl sites for hydroxylation is 2. The number of likely N-dealkylation sites (N-methyl/N-ethyl adjacent to an activating group) is 1. The maximum Gasteiger partial charge on any atom is 0.290 e. The highest BCUT2D eigenvalue weighted by molar-refractivity contribution is 5.99. The van der Waals surface area contributed by atoms with Gasteiger partial charge in [-0.25, -0.2) is 0 Å². The van der Waals surface area contributed by atoms with E-state index < -0.39 is 6.04 Å². The van der Waals surface area contributed by atoms with Crippen molar-refractivity contribution in [2.45, 2.75) is 33.7 Å². The van der Waals surface area contributed by atoms with Crippen LogP contribution in [0.3, 0.4) is 0 Å². The largest absolute Gasteiger partial charge is 0.450 e. The van der Waals surface area contributed by atoms with E-state index in [0.717, 1.165) is 36.3 Å². The molecule has 3 aromatic rings. The molecule has 0 unspecified atom stereocenters. The van der Waals surface area contributed by atoms with Gasteiger partial charge in [0.2, 0.25) is 5.76 Å². The maximum absolute atomic E-state index is 13.6. The first kappa shape index (κ1) is 20.4. The highest BCUT2D eigenvalue weighted by Crippen LogP contribution is 2.38. The van der Waals surface area contributed by atoms with Gasteiger partial charge in [-0.05, 0) is 55.8 Å². The molecule has 0 fully saturated rings. The van der Waals surface area contributed by atoms with Crippen LogP contribution >= 0.6 is 0 Å². The van der Waals surface area contributed by atoms with Crippen molar-refractivity contribution in [1.29, 1.82) is 0 Å². The van der Waals surface area contributed by atoms with Gasteiger partial charge in [-0.3, -0.25) is 9.59 Å². The summed E-state index contributed by atoms with van der Waals surface area (Å²) in [6, 6.07) is 13.1. The lowest BCUT2D eigenvalue weighted by atomic mass is 9.97. The van der Waals surface area contributed by atoms with Crippen LogP contribution in [0.4, 0.5) is 0 Å². The molecule has 0 saturated carbocycles. The van der Waals surface area contributed by atoms with Crippen LogP contribution in [-0.4, -0.2) is 41.9 Å².